The van der Waals surface area contributed by atoms with Gasteiger partial charge in [0, 0.05) is 39.1 Å². The van der Waals surface area contributed by atoms with Crippen LogP contribution in [0.4, 0.5) is 0 Å². The summed E-state index contributed by atoms with van der Waals surface area (Å²) in [5.41, 5.74) is 2.70. The number of amides is 1. The number of hydrogen-bond donors (Lipinski definition) is 4. The van der Waals surface area contributed by atoms with Crippen LogP contribution in [0.15, 0.2) is 35.1 Å². The molecule has 3 aromatic rings. The number of aromatic amines is 1. The predicted octanol–water partition coefficient (Wildman–Crippen LogP) is 4.83. The molecule has 0 saturated heterocycles. The van der Waals surface area contributed by atoms with Crippen molar-refractivity contribution in [2.24, 2.45) is 5.41 Å². The lowest BCUT2D eigenvalue weighted by atomic mass is 9.96. The maximum Gasteiger partial charge on any atom is 0.305 e. The fraction of sp³-hybridized carbons (Fsp3) is 0.481. The molecule has 0 atom stereocenters. The van der Waals surface area contributed by atoms with Gasteiger partial charge in [-0.3, -0.25) is 9.59 Å². The Balaban J connectivity index is 1.41. The minimum absolute atomic E-state index is 0.0359. The van der Waals surface area contributed by atoms with Crippen LogP contribution in [0, 0.1) is 5.41 Å². The number of nitrogens with one attached hydrogen (secondary N) is 3. The standard InChI is InChI=1S/C27H36Cl2N4O3S/c1-27(2,3)17-33(14-10-23(35)31-12-8-18-4-6-20(28)21(29)16-18)15-13-30-11-9-19-5-7-22(34)24-25(19)37-26(36)32-24/h4-7,16,30,34H,8-15,17H2,1-3H3,(H,31,35)(H,32,36). The van der Waals surface area contributed by atoms with Gasteiger partial charge >= 0.3 is 4.87 Å². The van der Waals surface area contributed by atoms with Crippen molar-refractivity contribution < 1.29 is 9.90 Å². The molecule has 2 aromatic carbocycles. The Morgan fingerprint density at radius 3 is 2.57 bits per heavy atom. The monoisotopic (exact) mass is 566 g/mol. The summed E-state index contributed by atoms with van der Waals surface area (Å²) < 4.78 is 0.811. The normalized spacial score (nSPS) is 11.9. The van der Waals surface area contributed by atoms with Crippen molar-refractivity contribution in [3.05, 3.63) is 61.2 Å². The molecule has 202 valence electrons. The molecule has 1 amide bonds. The second-order valence-corrected chi connectivity index (χ2v) is 12.2. The molecular weight excluding hydrogens is 531 g/mol. The van der Waals surface area contributed by atoms with E-state index < -0.39 is 0 Å². The van der Waals surface area contributed by atoms with E-state index in [1.165, 1.54) is 0 Å². The van der Waals surface area contributed by atoms with Gasteiger partial charge in [0.25, 0.3) is 0 Å². The Hall–Kier alpha value is -2.10. The highest BCUT2D eigenvalue weighted by Gasteiger charge is 2.17. The zero-order valence-corrected chi connectivity index (χ0v) is 24.0. The number of rotatable bonds is 13. The van der Waals surface area contributed by atoms with Crippen LogP contribution in [0.2, 0.25) is 10.0 Å². The molecule has 1 aromatic heterocycles. The van der Waals surface area contributed by atoms with Crippen molar-refractivity contribution in [2.45, 2.75) is 40.0 Å². The van der Waals surface area contributed by atoms with Gasteiger partial charge in [-0.1, -0.05) is 67.4 Å². The number of aromatic nitrogens is 1. The first-order valence-electron chi connectivity index (χ1n) is 12.5. The summed E-state index contributed by atoms with van der Waals surface area (Å²) in [5.74, 6) is 0.134. The molecule has 0 saturated carbocycles. The van der Waals surface area contributed by atoms with Gasteiger partial charge < -0.3 is 25.6 Å². The number of aromatic hydroxyl groups is 1. The highest BCUT2D eigenvalue weighted by molar-refractivity contribution is 7.16. The largest absolute Gasteiger partial charge is 0.506 e. The number of nitrogens with zero attached hydrogens (tertiary/aromatic N) is 1. The third kappa shape index (κ3) is 9.61. The Kier molecular flexibility index (Phi) is 10.8. The smallest absolute Gasteiger partial charge is 0.305 e. The van der Waals surface area contributed by atoms with Gasteiger partial charge in [-0.25, -0.2) is 0 Å². The van der Waals surface area contributed by atoms with Crippen LogP contribution in [-0.2, 0) is 17.6 Å². The van der Waals surface area contributed by atoms with Crippen LogP contribution >= 0.6 is 34.5 Å². The summed E-state index contributed by atoms with van der Waals surface area (Å²) >= 11 is 13.2. The van der Waals surface area contributed by atoms with Gasteiger partial charge in [-0.2, -0.15) is 0 Å². The fourth-order valence-electron chi connectivity index (χ4n) is 4.19. The van der Waals surface area contributed by atoms with Crippen LogP contribution in [0.5, 0.6) is 5.75 Å². The van der Waals surface area contributed by atoms with E-state index in [1.807, 2.05) is 18.2 Å². The molecule has 10 heteroatoms. The number of phenols is 1. The van der Waals surface area contributed by atoms with E-state index in [1.54, 1.807) is 12.1 Å². The van der Waals surface area contributed by atoms with Crippen molar-refractivity contribution >= 4 is 50.7 Å². The first-order chi connectivity index (χ1) is 17.5. The molecule has 3 rings (SSSR count). The Bertz CT molecular complexity index is 1250. The van der Waals surface area contributed by atoms with Gasteiger partial charge in [0.2, 0.25) is 5.91 Å². The Labute approximate surface area is 232 Å². The van der Waals surface area contributed by atoms with Crippen LogP contribution in [-0.4, -0.2) is 60.2 Å². The first-order valence-corrected chi connectivity index (χ1v) is 14.1. The SMILES string of the molecule is CC(C)(C)CN(CCNCCc1ccc(O)c2[nH]c(=O)sc12)CCC(=O)NCCc1ccc(Cl)c(Cl)c1. The van der Waals surface area contributed by atoms with Crippen molar-refractivity contribution in [3.63, 3.8) is 0 Å². The van der Waals surface area contributed by atoms with Crippen LogP contribution in [0.25, 0.3) is 10.2 Å². The van der Waals surface area contributed by atoms with E-state index in [9.17, 15) is 14.7 Å². The summed E-state index contributed by atoms with van der Waals surface area (Å²) in [5, 5.41) is 17.5. The molecule has 0 aliphatic rings. The topological polar surface area (TPSA) is 97.5 Å². The highest BCUT2D eigenvalue weighted by Crippen LogP contribution is 2.28. The summed E-state index contributed by atoms with van der Waals surface area (Å²) in [6, 6.07) is 9.02. The number of phenolic OH excluding ortho intramolecular Hbond substituents is 1. The fourth-order valence-corrected chi connectivity index (χ4v) is 5.40. The van der Waals surface area contributed by atoms with Gasteiger partial charge in [0.05, 0.1) is 14.7 Å². The number of H-pyrrole nitrogens is 1. The van der Waals surface area contributed by atoms with E-state index in [2.05, 4.69) is 41.3 Å². The molecule has 0 unspecified atom stereocenters. The van der Waals surface area contributed by atoms with Crippen molar-refractivity contribution in [3.8, 4) is 5.75 Å². The second-order valence-electron chi connectivity index (χ2n) is 10.4. The molecule has 4 N–H and O–H groups in total. The van der Waals surface area contributed by atoms with Crippen molar-refractivity contribution in [2.75, 3.05) is 39.3 Å². The van der Waals surface area contributed by atoms with E-state index in [0.717, 1.165) is 59.8 Å². The quantitative estimate of drug-likeness (QED) is 0.222. The van der Waals surface area contributed by atoms with Crippen molar-refractivity contribution in [1.29, 1.82) is 0 Å². The molecule has 0 fully saturated rings. The number of benzene rings is 2. The number of halogens is 2. The van der Waals surface area contributed by atoms with Gasteiger partial charge in [0.1, 0.15) is 11.3 Å². The molecular formula is C27H36Cl2N4O3S. The summed E-state index contributed by atoms with van der Waals surface area (Å²) in [6.07, 6.45) is 1.89. The van der Waals surface area contributed by atoms with E-state index in [-0.39, 0.29) is 21.9 Å². The average Bonchev–Trinajstić information content (AvgIpc) is 3.22. The maximum atomic E-state index is 12.4. The molecule has 7 nitrogen and oxygen atoms in total. The zero-order chi connectivity index (χ0) is 27.0. The number of fused-ring (bicyclic) bond motifs is 1. The zero-order valence-electron chi connectivity index (χ0n) is 21.6. The number of carbonyl (C=O) groups is 1. The minimum atomic E-state index is -0.165. The molecule has 0 aliphatic heterocycles. The molecule has 0 aliphatic carbocycles. The summed E-state index contributed by atoms with van der Waals surface area (Å²) in [4.78, 5) is 29.0. The van der Waals surface area contributed by atoms with Crippen molar-refractivity contribution in [1.82, 2.24) is 20.5 Å². The lowest BCUT2D eigenvalue weighted by molar-refractivity contribution is -0.121. The van der Waals surface area contributed by atoms with Gasteiger partial charge in [-0.15, -0.1) is 0 Å². The van der Waals surface area contributed by atoms with E-state index in [4.69, 9.17) is 23.2 Å². The van der Waals surface area contributed by atoms with Crippen LogP contribution < -0.4 is 15.5 Å². The number of hydrogen-bond acceptors (Lipinski definition) is 6. The first kappa shape index (κ1) is 29.5. The number of thiazole rings is 1. The molecule has 0 spiro atoms. The summed E-state index contributed by atoms with van der Waals surface area (Å²) in [6.45, 7) is 11.1. The van der Waals surface area contributed by atoms with E-state index in [0.29, 0.717) is 41.5 Å². The molecule has 0 bridgehead atoms. The predicted molar refractivity (Wildman–Crippen MR) is 154 cm³/mol. The average molecular weight is 568 g/mol. The van der Waals surface area contributed by atoms with Gasteiger partial charge in [-0.05, 0) is 54.1 Å². The lowest BCUT2D eigenvalue weighted by Crippen LogP contribution is -2.40. The summed E-state index contributed by atoms with van der Waals surface area (Å²) in [7, 11) is 0. The van der Waals surface area contributed by atoms with Crippen LogP contribution in [0.1, 0.15) is 38.3 Å². The third-order valence-corrected chi connectivity index (χ3v) is 7.58. The van der Waals surface area contributed by atoms with E-state index >= 15 is 0 Å². The maximum absolute atomic E-state index is 12.4. The minimum Gasteiger partial charge on any atom is -0.506 e. The molecule has 1 heterocycles. The Morgan fingerprint density at radius 1 is 1.05 bits per heavy atom. The molecule has 0 radical (unpaired) electrons. The lowest BCUT2D eigenvalue weighted by Gasteiger charge is -2.30. The highest BCUT2D eigenvalue weighted by atomic mass is 35.5. The molecule has 37 heavy (non-hydrogen) atoms. The Morgan fingerprint density at radius 2 is 1.84 bits per heavy atom. The third-order valence-electron chi connectivity index (χ3n) is 5.89. The number of carbonyl (C=O) groups excluding carboxylic acids is 1. The van der Waals surface area contributed by atoms with Gasteiger partial charge in [0.15, 0.2) is 0 Å². The van der Waals surface area contributed by atoms with Crippen LogP contribution in [0.3, 0.4) is 0 Å². The second kappa shape index (κ2) is 13.6.